The summed E-state index contributed by atoms with van der Waals surface area (Å²) in [6.45, 7) is 5.88. The second-order valence-corrected chi connectivity index (χ2v) is 4.99. The van der Waals surface area contributed by atoms with Gasteiger partial charge in [0.05, 0.1) is 0 Å². The number of aliphatic hydroxyl groups excluding tert-OH is 4. The third kappa shape index (κ3) is 11.6. The van der Waals surface area contributed by atoms with Crippen molar-refractivity contribution in [2.45, 2.75) is 25.7 Å². The fourth-order valence-electron chi connectivity index (χ4n) is 2.13. The van der Waals surface area contributed by atoms with Gasteiger partial charge < -0.3 is 30.2 Å². The highest BCUT2D eigenvalue weighted by Crippen LogP contribution is 1.99. The number of rotatable bonds is 15. The van der Waals surface area contributed by atoms with Crippen LogP contribution in [0, 0.1) is 0 Å². The molecule has 0 aliphatic heterocycles. The molecule has 0 amide bonds. The summed E-state index contributed by atoms with van der Waals surface area (Å²) in [5.74, 6) is 0. The van der Waals surface area contributed by atoms with Crippen LogP contribution in [0.4, 0.5) is 0 Å². The van der Waals surface area contributed by atoms with Gasteiger partial charge in [0.15, 0.2) is 0 Å². The van der Waals surface area contributed by atoms with Crippen LogP contribution in [0.3, 0.4) is 0 Å². The van der Waals surface area contributed by atoms with E-state index in [0.29, 0.717) is 0 Å². The topological polar surface area (TPSA) is 87.4 Å². The van der Waals surface area contributed by atoms with Gasteiger partial charge in [0, 0.05) is 65.7 Å². The lowest BCUT2D eigenvalue weighted by molar-refractivity contribution is 0.159. The molecule has 0 aromatic rings. The van der Waals surface area contributed by atoms with E-state index in [4.69, 9.17) is 20.4 Å². The van der Waals surface area contributed by atoms with E-state index in [-0.39, 0.29) is 26.4 Å². The molecule has 0 saturated heterocycles. The van der Waals surface area contributed by atoms with Gasteiger partial charge in [0.2, 0.25) is 0 Å². The summed E-state index contributed by atoms with van der Waals surface area (Å²) in [5.41, 5.74) is 0. The molecule has 0 aliphatic carbocycles. The minimum atomic E-state index is 0.189. The summed E-state index contributed by atoms with van der Waals surface area (Å²) in [5, 5.41) is 35.6. The standard InChI is InChI=1S/C14H32N2O4/c17-11-1-5-15(6-2-12-18)9-10-16(7-3-13-19)8-4-14-20/h17-20H,1-14H2. The molecule has 20 heavy (non-hydrogen) atoms. The molecule has 6 heteroatoms. The smallest absolute Gasteiger partial charge is 0.0443 e. The molecule has 6 nitrogen and oxygen atoms in total. The van der Waals surface area contributed by atoms with Gasteiger partial charge in [-0.25, -0.2) is 0 Å². The van der Waals surface area contributed by atoms with Crippen molar-refractivity contribution >= 4 is 0 Å². The van der Waals surface area contributed by atoms with Crippen LogP contribution in [0.5, 0.6) is 0 Å². The van der Waals surface area contributed by atoms with Crippen molar-refractivity contribution < 1.29 is 20.4 Å². The SMILES string of the molecule is OCCCN(CCCO)CCN(CCCO)CCCO. The Bertz CT molecular complexity index is 160. The zero-order valence-electron chi connectivity index (χ0n) is 12.6. The van der Waals surface area contributed by atoms with Gasteiger partial charge in [-0.1, -0.05) is 0 Å². The van der Waals surface area contributed by atoms with Crippen LogP contribution < -0.4 is 0 Å². The summed E-state index contributed by atoms with van der Waals surface area (Å²) in [6.07, 6.45) is 2.99. The van der Waals surface area contributed by atoms with Crippen LogP contribution in [-0.4, -0.2) is 95.9 Å². The van der Waals surface area contributed by atoms with Crippen molar-refractivity contribution in [1.82, 2.24) is 9.80 Å². The predicted molar refractivity (Wildman–Crippen MR) is 79.7 cm³/mol. The van der Waals surface area contributed by atoms with Crippen LogP contribution in [-0.2, 0) is 0 Å². The molecule has 0 heterocycles. The molecule has 0 radical (unpaired) electrons. The minimum absolute atomic E-state index is 0.189. The van der Waals surface area contributed by atoms with E-state index in [1.807, 2.05) is 0 Å². The Morgan fingerprint density at radius 1 is 0.400 bits per heavy atom. The van der Waals surface area contributed by atoms with Crippen molar-refractivity contribution in [2.75, 3.05) is 65.7 Å². The largest absolute Gasteiger partial charge is 0.396 e. The Labute approximate surface area is 122 Å². The highest BCUT2D eigenvalue weighted by atomic mass is 16.3. The van der Waals surface area contributed by atoms with Crippen LogP contribution in [0.25, 0.3) is 0 Å². The molecular weight excluding hydrogens is 260 g/mol. The Hall–Kier alpha value is -0.240. The van der Waals surface area contributed by atoms with E-state index in [9.17, 15) is 0 Å². The summed E-state index contributed by atoms with van der Waals surface area (Å²) >= 11 is 0. The lowest BCUT2D eigenvalue weighted by Crippen LogP contribution is -2.38. The van der Waals surface area contributed by atoms with Crippen molar-refractivity contribution in [1.29, 1.82) is 0 Å². The third-order valence-electron chi connectivity index (χ3n) is 3.26. The van der Waals surface area contributed by atoms with Crippen molar-refractivity contribution in [3.05, 3.63) is 0 Å². The Morgan fingerprint density at radius 3 is 0.850 bits per heavy atom. The normalized spacial score (nSPS) is 11.7. The first kappa shape index (κ1) is 19.8. The second kappa shape index (κ2) is 15.2. The predicted octanol–water partition coefficient (Wildman–Crippen LogP) is -0.880. The summed E-state index contributed by atoms with van der Waals surface area (Å²) < 4.78 is 0. The number of hydrogen-bond acceptors (Lipinski definition) is 6. The fourth-order valence-corrected chi connectivity index (χ4v) is 2.13. The molecule has 4 N–H and O–H groups in total. The van der Waals surface area contributed by atoms with Crippen molar-refractivity contribution in [3.63, 3.8) is 0 Å². The zero-order chi connectivity index (χ0) is 15.1. The summed E-state index contributed by atoms with van der Waals surface area (Å²) in [4.78, 5) is 4.49. The van der Waals surface area contributed by atoms with E-state index < -0.39 is 0 Å². The van der Waals surface area contributed by atoms with Gasteiger partial charge in [-0.3, -0.25) is 0 Å². The molecule has 0 spiro atoms. The first-order valence-corrected chi connectivity index (χ1v) is 7.66. The lowest BCUT2D eigenvalue weighted by Gasteiger charge is -2.27. The maximum atomic E-state index is 8.91. The molecule has 0 saturated carbocycles. The molecule has 0 aromatic heterocycles. The van der Waals surface area contributed by atoms with E-state index >= 15 is 0 Å². The van der Waals surface area contributed by atoms with Gasteiger partial charge in [-0.15, -0.1) is 0 Å². The first-order valence-electron chi connectivity index (χ1n) is 7.66. The molecule has 0 atom stereocenters. The molecular formula is C14H32N2O4. The lowest BCUT2D eigenvalue weighted by atomic mass is 10.3. The minimum Gasteiger partial charge on any atom is -0.396 e. The molecule has 0 aromatic carbocycles. The van der Waals surface area contributed by atoms with Gasteiger partial charge in [-0.05, 0) is 25.7 Å². The van der Waals surface area contributed by atoms with Crippen LogP contribution in [0.15, 0.2) is 0 Å². The fraction of sp³-hybridized carbons (Fsp3) is 1.00. The van der Waals surface area contributed by atoms with E-state index in [1.54, 1.807) is 0 Å². The Balaban J connectivity index is 4.05. The first-order chi connectivity index (χ1) is 9.78. The molecule has 122 valence electrons. The number of aliphatic hydroxyl groups is 4. The Morgan fingerprint density at radius 2 is 0.650 bits per heavy atom. The molecule has 0 fully saturated rings. The van der Waals surface area contributed by atoms with E-state index in [1.165, 1.54) is 0 Å². The van der Waals surface area contributed by atoms with Crippen LogP contribution in [0.1, 0.15) is 25.7 Å². The molecule has 0 bridgehead atoms. The average molecular weight is 292 g/mol. The second-order valence-electron chi connectivity index (χ2n) is 4.99. The highest BCUT2D eigenvalue weighted by Gasteiger charge is 2.09. The van der Waals surface area contributed by atoms with Crippen molar-refractivity contribution in [2.24, 2.45) is 0 Å². The van der Waals surface area contributed by atoms with Crippen molar-refractivity contribution in [3.8, 4) is 0 Å². The number of hydrogen-bond donors (Lipinski definition) is 4. The molecule has 0 aliphatic rings. The maximum absolute atomic E-state index is 8.91. The summed E-state index contributed by atoms with van der Waals surface area (Å²) in [7, 11) is 0. The molecule has 0 unspecified atom stereocenters. The average Bonchev–Trinajstić information content (AvgIpc) is 2.48. The van der Waals surface area contributed by atoms with Gasteiger partial charge >= 0.3 is 0 Å². The summed E-state index contributed by atoms with van der Waals surface area (Å²) in [6, 6.07) is 0. The Kier molecular flexibility index (Phi) is 15.0. The molecule has 0 rings (SSSR count). The van der Waals surface area contributed by atoms with Crippen LogP contribution >= 0.6 is 0 Å². The van der Waals surface area contributed by atoms with E-state index in [0.717, 1.165) is 65.0 Å². The maximum Gasteiger partial charge on any atom is 0.0443 e. The van der Waals surface area contributed by atoms with Gasteiger partial charge in [-0.2, -0.15) is 0 Å². The van der Waals surface area contributed by atoms with Gasteiger partial charge in [0.1, 0.15) is 0 Å². The highest BCUT2D eigenvalue weighted by molar-refractivity contribution is 4.64. The monoisotopic (exact) mass is 292 g/mol. The number of nitrogens with zero attached hydrogens (tertiary/aromatic N) is 2. The third-order valence-corrected chi connectivity index (χ3v) is 3.26. The zero-order valence-corrected chi connectivity index (χ0v) is 12.6. The van der Waals surface area contributed by atoms with E-state index in [2.05, 4.69) is 9.80 Å². The van der Waals surface area contributed by atoms with Crippen LogP contribution in [0.2, 0.25) is 0 Å². The van der Waals surface area contributed by atoms with Gasteiger partial charge in [0.25, 0.3) is 0 Å². The quantitative estimate of drug-likeness (QED) is 0.314.